The third kappa shape index (κ3) is 2.79. The number of ether oxygens (including phenoxy) is 3. The second-order valence-corrected chi connectivity index (χ2v) is 9.25. The fraction of sp³-hybridized carbons (Fsp3) is 0.625. The fourth-order valence-electron chi connectivity index (χ4n) is 6.93. The van der Waals surface area contributed by atoms with Gasteiger partial charge in [0.05, 0.1) is 14.2 Å². The Morgan fingerprint density at radius 1 is 1.00 bits per heavy atom. The van der Waals surface area contributed by atoms with Crippen molar-refractivity contribution < 1.29 is 28.6 Å². The van der Waals surface area contributed by atoms with Crippen molar-refractivity contribution in [2.24, 2.45) is 22.7 Å². The zero-order chi connectivity index (χ0) is 21.7. The van der Waals surface area contributed by atoms with E-state index in [1.165, 1.54) is 32.3 Å². The monoisotopic (exact) mass is 414 g/mol. The van der Waals surface area contributed by atoms with Crippen LogP contribution >= 0.6 is 0 Å². The van der Waals surface area contributed by atoms with Crippen LogP contribution in [0.15, 0.2) is 18.2 Å². The molecule has 3 aliphatic rings. The van der Waals surface area contributed by atoms with E-state index in [4.69, 9.17) is 14.2 Å². The number of methoxy groups -OCH3 is 2. The second-order valence-electron chi connectivity index (χ2n) is 9.25. The van der Waals surface area contributed by atoms with Gasteiger partial charge in [-0.25, -0.2) is 0 Å². The number of aryl methyl sites for hydroxylation is 1. The number of hydrogen-bond donors (Lipinski definition) is 0. The molecule has 1 aromatic rings. The molecule has 1 aromatic carbocycles. The molecule has 0 bridgehead atoms. The van der Waals surface area contributed by atoms with Crippen molar-refractivity contribution in [1.82, 2.24) is 0 Å². The smallest absolute Gasteiger partial charge is 0.323 e. The Morgan fingerprint density at radius 2 is 1.70 bits per heavy atom. The van der Waals surface area contributed by atoms with Crippen molar-refractivity contribution in [1.29, 1.82) is 0 Å². The zero-order valence-electron chi connectivity index (χ0n) is 18.2. The van der Waals surface area contributed by atoms with Crippen LogP contribution in [0.5, 0.6) is 5.75 Å². The second kappa shape index (κ2) is 7.40. The standard InChI is InChI=1S/C24H30O6/c1-14(25)30-16-6-8-17-15(13-16)5-7-19-18(17)9-11-23(2)20(19)10-12-24(23,21(26)28-3)22(27)29-4/h6,8,13,18-20H,5,7,9-12H2,1-4H3. The highest BCUT2D eigenvalue weighted by molar-refractivity contribution is 6.01. The van der Waals surface area contributed by atoms with E-state index >= 15 is 0 Å². The van der Waals surface area contributed by atoms with Crippen molar-refractivity contribution in [3.8, 4) is 5.75 Å². The summed E-state index contributed by atoms with van der Waals surface area (Å²) in [4.78, 5) is 37.1. The van der Waals surface area contributed by atoms with Gasteiger partial charge in [0, 0.05) is 6.92 Å². The number of fused-ring (bicyclic) bond motifs is 5. The lowest BCUT2D eigenvalue weighted by Crippen LogP contribution is -2.55. The third-order valence-corrected chi connectivity index (χ3v) is 8.22. The lowest BCUT2D eigenvalue weighted by molar-refractivity contribution is -0.182. The molecular weight excluding hydrogens is 384 g/mol. The molecule has 4 atom stereocenters. The summed E-state index contributed by atoms with van der Waals surface area (Å²) in [5.41, 5.74) is 0.872. The summed E-state index contributed by atoms with van der Waals surface area (Å²) in [6, 6.07) is 5.96. The Bertz CT molecular complexity index is 874. The molecule has 4 unspecified atom stereocenters. The van der Waals surface area contributed by atoms with E-state index in [1.807, 2.05) is 12.1 Å². The van der Waals surface area contributed by atoms with E-state index in [-0.39, 0.29) is 11.9 Å². The van der Waals surface area contributed by atoms with Crippen LogP contribution in [-0.4, -0.2) is 32.1 Å². The SMILES string of the molecule is COC(=O)C1(C(=O)OC)CCC2C3CCc4cc(OC(C)=O)ccc4C3CCC21C. The van der Waals surface area contributed by atoms with E-state index in [9.17, 15) is 14.4 Å². The Labute approximate surface area is 177 Å². The minimum Gasteiger partial charge on any atom is -0.468 e. The topological polar surface area (TPSA) is 78.9 Å². The van der Waals surface area contributed by atoms with Gasteiger partial charge in [0.25, 0.3) is 0 Å². The minimum absolute atomic E-state index is 0.260. The summed E-state index contributed by atoms with van der Waals surface area (Å²) in [7, 11) is 2.71. The molecular formula is C24H30O6. The van der Waals surface area contributed by atoms with Crippen molar-refractivity contribution in [3.63, 3.8) is 0 Å². The van der Waals surface area contributed by atoms with E-state index in [2.05, 4.69) is 13.0 Å². The molecule has 0 spiro atoms. The van der Waals surface area contributed by atoms with Crippen LogP contribution in [0.1, 0.15) is 63.0 Å². The van der Waals surface area contributed by atoms with Gasteiger partial charge in [-0.1, -0.05) is 13.0 Å². The fourth-order valence-corrected chi connectivity index (χ4v) is 6.93. The van der Waals surface area contributed by atoms with Crippen molar-refractivity contribution in [2.75, 3.05) is 14.2 Å². The molecule has 0 aliphatic heterocycles. The molecule has 2 fully saturated rings. The maximum Gasteiger partial charge on any atom is 0.323 e. The average Bonchev–Trinajstić information content (AvgIpc) is 3.05. The number of carbonyl (C=O) groups excluding carboxylic acids is 3. The number of rotatable bonds is 3. The molecule has 0 radical (unpaired) electrons. The predicted molar refractivity (Wildman–Crippen MR) is 109 cm³/mol. The third-order valence-electron chi connectivity index (χ3n) is 8.22. The van der Waals surface area contributed by atoms with Gasteiger partial charge in [0.15, 0.2) is 5.41 Å². The van der Waals surface area contributed by atoms with Crippen LogP contribution in [0.3, 0.4) is 0 Å². The summed E-state index contributed by atoms with van der Waals surface area (Å²) in [6.45, 7) is 3.50. The van der Waals surface area contributed by atoms with Crippen LogP contribution in [0.25, 0.3) is 0 Å². The highest BCUT2D eigenvalue weighted by atomic mass is 16.5. The molecule has 0 heterocycles. The van der Waals surface area contributed by atoms with Gasteiger partial charge in [-0.2, -0.15) is 0 Å². The number of benzene rings is 1. The van der Waals surface area contributed by atoms with Crippen LogP contribution in [0.2, 0.25) is 0 Å². The molecule has 0 saturated heterocycles. The maximum absolute atomic E-state index is 12.9. The van der Waals surface area contributed by atoms with E-state index in [0.29, 0.717) is 24.0 Å². The molecule has 162 valence electrons. The first-order valence-corrected chi connectivity index (χ1v) is 10.8. The molecule has 6 heteroatoms. The first-order valence-electron chi connectivity index (χ1n) is 10.8. The number of esters is 3. The molecule has 3 aliphatic carbocycles. The van der Waals surface area contributed by atoms with Crippen LogP contribution < -0.4 is 4.74 Å². The summed E-state index contributed by atoms with van der Waals surface area (Å²) in [6.07, 6.45) is 4.89. The van der Waals surface area contributed by atoms with Gasteiger partial charge in [-0.15, -0.1) is 0 Å². The average molecular weight is 414 g/mol. The zero-order valence-corrected chi connectivity index (χ0v) is 18.2. The molecule has 0 N–H and O–H groups in total. The van der Waals surface area contributed by atoms with Crippen molar-refractivity contribution >= 4 is 17.9 Å². The maximum atomic E-state index is 12.9. The van der Waals surface area contributed by atoms with Crippen LogP contribution in [-0.2, 0) is 30.3 Å². The molecule has 2 saturated carbocycles. The lowest BCUT2D eigenvalue weighted by atomic mass is 9.50. The Balaban J connectivity index is 1.68. The molecule has 6 nitrogen and oxygen atoms in total. The summed E-state index contributed by atoms with van der Waals surface area (Å²) in [5, 5.41) is 0. The molecule has 4 rings (SSSR count). The Kier molecular flexibility index (Phi) is 5.15. The number of carbonyl (C=O) groups is 3. The van der Waals surface area contributed by atoms with Gasteiger partial charge in [-0.3, -0.25) is 14.4 Å². The molecule has 30 heavy (non-hydrogen) atoms. The van der Waals surface area contributed by atoms with Gasteiger partial charge in [0.1, 0.15) is 5.75 Å². The summed E-state index contributed by atoms with van der Waals surface area (Å²) >= 11 is 0. The first-order chi connectivity index (χ1) is 14.3. The Hall–Kier alpha value is -2.37. The van der Waals surface area contributed by atoms with Crippen LogP contribution in [0, 0.1) is 22.7 Å². The molecule has 0 amide bonds. The van der Waals surface area contributed by atoms with Gasteiger partial charge < -0.3 is 14.2 Å². The normalized spacial score (nSPS) is 31.0. The summed E-state index contributed by atoms with van der Waals surface area (Å²) in [5.74, 6) is 0.425. The number of hydrogen-bond acceptors (Lipinski definition) is 6. The minimum atomic E-state index is -1.22. The van der Waals surface area contributed by atoms with Crippen LogP contribution in [0.4, 0.5) is 0 Å². The van der Waals surface area contributed by atoms with Gasteiger partial charge in [-0.05, 0) is 85.0 Å². The van der Waals surface area contributed by atoms with E-state index in [1.54, 1.807) is 0 Å². The highest BCUT2D eigenvalue weighted by Crippen LogP contribution is 2.68. The summed E-state index contributed by atoms with van der Waals surface area (Å²) < 4.78 is 15.5. The lowest BCUT2D eigenvalue weighted by Gasteiger charge is -2.52. The van der Waals surface area contributed by atoms with Crippen molar-refractivity contribution in [3.05, 3.63) is 29.3 Å². The predicted octanol–water partition coefficient (Wildman–Crippen LogP) is 3.80. The molecule has 0 aromatic heterocycles. The Morgan fingerprint density at radius 3 is 2.33 bits per heavy atom. The van der Waals surface area contributed by atoms with E-state index in [0.717, 1.165) is 32.1 Å². The van der Waals surface area contributed by atoms with E-state index < -0.39 is 22.8 Å². The van der Waals surface area contributed by atoms with Crippen molar-refractivity contribution in [2.45, 2.75) is 58.3 Å². The quantitative estimate of drug-likeness (QED) is 0.425. The van der Waals surface area contributed by atoms with Gasteiger partial charge >= 0.3 is 17.9 Å². The highest BCUT2D eigenvalue weighted by Gasteiger charge is 2.70. The first kappa shape index (κ1) is 20.9. The largest absolute Gasteiger partial charge is 0.468 e. The van der Waals surface area contributed by atoms with Gasteiger partial charge in [0.2, 0.25) is 0 Å².